The molecule has 2 aromatic carbocycles. The van der Waals surface area contributed by atoms with Gasteiger partial charge in [0.2, 0.25) is 0 Å². The molecule has 0 radical (unpaired) electrons. The number of carbonyl (C=O) groups excluding carboxylic acids is 1. The molecule has 0 aliphatic carbocycles. The Morgan fingerprint density at radius 3 is 2.61 bits per heavy atom. The predicted molar refractivity (Wildman–Crippen MR) is 111 cm³/mol. The lowest BCUT2D eigenvalue weighted by atomic mass is 10.1. The molecule has 1 aromatic heterocycles. The second kappa shape index (κ2) is 8.16. The van der Waals surface area contributed by atoms with Crippen LogP contribution in [0.4, 0.5) is 0 Å². The molecule has 6 heteroatoms. The molecular formula is C22H21Cl2NO3. The van der Waals surface area contributed by atoms with Crippen LogP contribution in [0.3, 0.4) is 0 Å². The zero-order chi connectivity index (χ0) is 19.7. The number of halogens is 2. The van der Waals surface area contributed by atoms with Crippen LogP contribution in [0.2, 0.25) is 10.0 Å². The smallest absolute Gasteiger partial charge is 0.290 e. The third-order valence-electron chi connectivity index (χ3n) is 5.11. The van der Waals surface area contributed by atoms with Crippen LogP contribution in [0.15, 0.2) is 46.9 Å². The number of amides is 1. The van der Waals surface area contributed by atoms with E-state index in [1.165, 1.54) is 0 Å². The summed E-state index contributed by atoms with van der Waals surface area (Å²) in [6.45, 7) is 3.63. The van der Waals surface area contributed by atoms with E-state index >= 15 is 0 Å². The highest BCUT2D eigenvalue weighted by molar-refractivity contribution is 6.31. The summed E-state index contributed by atoms with van der Waals surface area (Å²) in [6.07, 6.45) is 2.03. The number of furan rings is 1. The van der Waals surface area contributed by atoms with E-state index in [1.54, 1.807) is 17.0 Å². The predicted octanol–water partition coefficient (Wildman–Crippen LogP) is 5.87. The molecule has 1 saturated heterocycles. The topological polar surface area (TPSA) is 42.7 Å². The third kappa shape index (κ3) is 4.04. The minimum atomic E-state index is -0.143. The lowest BCUT2D eigenvalue weighted by Gasteiger charge is -2.25. The molecule has 0 saturated carbocycles. The molecule has 146 valence electrons. The largest absolute Gasteiger partial charge is 0.451 e. The van der Waals surface area contributed by atoms with E-state index in [1.807, 2.05) is 37.3 Å². The van der Waals surface area contributed by atoms with Gasteiger partial charge in [0, 0.05) is 40.7 Å². The molecule has 1 aliphatic rings. The van der Waals surface area contributed by atoms with Gasteiger partial charge in [-0.3, -0.25) is 4.79 Å². The first-order valence-corrected chi connectivity index (χ1v) is 10.1. The van der Waals surface area contributed by atoms with Crippen LogP contribution in [-0.4, -0.2) is 30.1 Å². The fourth-order valence-corrected chi connectivity index (χ4v) is 3.90. The summed E-state index contributed by atoms with van der Waals surface area (Å²) >= 11 is 12.1. The van der Waals surface area contributed by atoms with Gasteiger partial charge in [-0.2, -0.15) is 0 Å². The first-order chi connectivity index (χ1) is 13.5. The summed E-state index contributed by atoms with van der Waals surface area (Å²) in [5, 5.41) is 2.15. The summed E-state index contributed by atoms with van der Waals surface area (Å²) in [5.41, 5.74) is 2.47. The van der Waals surface area contributed by atoms with Crippen LogP contribution in [0, 0.1) is 6.92 Å². The van der Waals surface area contributed by atoms with Gasteiger partial charge in [-0.15, -0.1) is 0 Å². The summed E-state index contributed by atoms with van der Waals surface area (Å²) in [6, 6.07) is 12.9. The summed E-state index contributed by atoms with van der Waals surface area (Å²) < 4.78 is 11.7. The highest BCUT2D eigenvalue weighted by Crippen LogP contribution is 2.29. The van der Waals surface area contributed by atoms with Crippen molar-refractivity contribution < 1.29 is 13.9 Å². The molecular weight excluding hydrogens is 397 g/mol. The Kier molecular flexibility index (Phi) is 5.63. The number of fused-ring (bicyclic) bond motifs is 1. The van der Waals surface area contributed by atoms with Crippen LogP contribution >= 0.6 is 23.2 Å². The van der Waals surface area contributed by atoms with E-state index in [-0.39, 0.29) is 12.0 Å². The average molecular weight is 418 g/mol. The molecule has 4 nitrogen and oxygen atoms in total. The Labute approximate surface area is 174 Å². The van der Waals surface area contributed by atoms with Crippen LogP contribution in [0.5, 0.6) is 0 Å². The van der Waals surface area contributed by atoms with Crippen molar-refractivity contribution in [3.8, 4) is 0 Å². The maximum Gasteiger partial charge on any atom is 0.290 e. The molecule has 1 amide bonds. The number of carbonyl (C=O) groups is 1. The van der Waals surface area contributed by atoms with Crippen molar-refractivity contribution in [3.05, 3.63) is 69.4 Å². The molecule has 1 fully saturated rings. The molecule has 1 atom stereocenters. The van der Waals surface area contributed by atoms with Crippen LogP contribution < -0.4 is 0 Å². The lowest BCUT2D eigenvalue weighted by Crippen LogP contribution is -2.37. The van der Waals surface area contributed by atoms with Gasteiger partial charge in [-0.1, -0.05) is 35.3 Å². The number of aryl methyl sites for hydroxylation is 1. The second-order valence-electron chi connectivity index (χ2n) is 7.14. The number of benzene rings is 2. The van der Waals surface area contributed by atoms with E-state index in [9.17, 15) is 4.79 Å². The van der Waals surface area contributed by atoms with Crippen molar-refractivity contribution in [2.75, 3.05) is 13.2 Å². The van der Waals surface area contributed by atoms with Gasteiger partial charge in [-0.05, 0) is 55.7 Å². The van der Waals surface area contributed by atoms with Crippen molar-refractivity contribution in [3.63, 3.8) is 0 Å². The monoisotopic (exact) mass is 417 g/mol. The van der Waals surface area contributed by atoms with Crippen molar-refractivity contribution in [1.29, 1.82) is 0 Å². The van der Waals surface area contributed by atoms with Crippen molar-refractivity contribution >= 4 is 40.1 Å². The number of hydrogen-bond donors (Lipinski definition) is 0. The minimum absolute atomic E-state index is 0.0513. The zero-order valence-electron chi connectivity index (χ0n) is 15.6. The summed E-state index contributed by atoms with van der Waals surface area (Å²) in [5.74, 6) is 0.208. The van der Waals surface area contributed by atoms with Gasteiger partial charge in [0.15, 0.2) is 5.76 Å². The van der Waals surface area contributed by atoms with Gasteiger partial charge in [0.25, 0.3) is 5.91 Å². The molecule has 4 rings (SSSR count). The molecule has 28 heavy (non-hydrogen) atoms. The standard InChI is InChI=1S/C22H21Cl2NO3/c1-14-19-11-17(24)8-9-20(19)28-21(14)22(26)25(13-18-3-2-10-27-18)12-15-4-6-16(23)7-5-15/h4-9,11,18H,2-3,10,12-13H2,1H3. The average Bonchev–Trinajstić information content (AvgIpc) is 3.31. The Balaban J connectivity index is 1.65. The fraction of sp³-hybridized carbons (Fsp3) is 0.318. The quantitative estimate of drug-likeness (QED) is 0.521. The molecule has 0 N–H and O–H groups in total. The van der Waals surface area contributed by atoms with E-state index in [0.717, 1.165) is 36.0 Å². The minimum Gasteiger partial charge on any atom is -0.451 e. The first-order valence-electron chi connectivity index (χ1n) is 9.35. The fourth-order valence-electron chi connectivity index (χ4n) is 3.60. The normalized spacial score (nSPS) is 16.6. The van der Waals surface area contributed by atoms with Crippen LogP contribution in [0.1, 0.15) is 34.5 Å². The van der Waals surface area contributed by atoms with Crippen molar-refractivity contribution in [2.24, 2.45) is 0 Å². The van der Waals surface area contributed by atoms with Crippen LogP contribution in [0.25, 0.3) is 11.0 Å². The van der Waals surface area contributed by atoms with E-state index in [2.05, 4.69) is 0 Å². The Bertz CT molecular complexity index is 991. The molecule has 3 aromatic rings. The summed E-state index contributed by atoms with van der Waals surface area (Å²) in [4.78, 5) is 15.2. The molecule has 2 heterocycles. The number of nitrogens with zero attached hydrogens (tertiary/aromatic N) is 1. The zero-order valence-corrected chi connectivity index (χ0v) is 17.1. The number of rotatable bonds is 5. The van der Waals surface area contributed by atoms with Gasteiger partial charge >= 0.3 is 0 Å². The van der Waals surface area contributed by atoms with Gasteiger partial charge in [-0.25, -0.2) is 0 Å². The molecule has 0 bridgehead atoms. The number of hydrogen-bond acceptors (Lipinski definition) is 3. The SMILES string of the molecule is Cc1c(C(=O)N(Cc2ccc(Cl)cc2)CC2CCCO2)oc2ccc(Cl)cc12. The molecule has 1 aliphatic heterocycles. The van der Waals surface area contributed by atoms with Crippen molar-refractivity contribution in [1.82, 2.24) is 4.90 Å². The Morgan fingerprint density at radius 1 is 1.14 bits per heavy atom. The molecule has 1 unspecified atom stereocenters. The third-order valence-corrected chi connectivity index (χ3v) is 5.60. The highest BCUT2D eigenvalue weighted by Gasteiger charge is 2.27. The second-order valence-corrected chi connectivity index (χ2v) is 8.02. The van der Waals surface area contributed by atoms with E-state index in [0.29, 0.717) is 34.5 Å². The lowest BCUT2D eigenvalue weighted by molar-refractivity contribution is 0.0485. The number of ether oxygens (including phenoxy) is 1. The van der Waals surface area contributed by atoms with Crippen molar-refractivity contribution in [2.45, 2.75) is 32.4 Å². The van der Waals surface area contributed by atoms with E-state index in [4.69, 9.17) is 32.4 Å². The highest BCUT2D eigenvalue weighted by atomic mass is 35.5. The first kappa shape index (κ1) is 19.3. The molecule has 0 spiro atoms. The Morgan fingerprint density at radius 2 is 1.89 bits per heavy atom. The maximum absolute atomic E-state index is 13.4. The summed E-state index contributed by atoms with van der Waals surface area (Å²) in [7, 11) is 0. The van der Waals surface area contributed by atoms with Crippen LogP contribution in [-0.2, 0) is 11.3 Å². The Hall–Kier alpha value is -2.01. The maximum atomic E-state index is 13.4. The van der Waals surface area contributed by atoms with Gasteiger partial charge < -0.3 is 14.1 Å². The van der Waals surface area contributed by atoms with E-state index < -0.39 is 0 Å². The van der Waals surface area contributed by atoms with Gasteiger partial charge in [0.1, 0.15) is 5.58 Å². The van der Waals surface area contributed by atoms with Gasteiger partial charge in [0.05, 0.1) is 6.10 Å².